The molecule has 0 saturated carbocycles. The first kappa shape index (κ1) is 26.3. The molecule has 2 aliphatic rings. The van der Waals surface area contributed by atoms with Crippen LogP contribution in [0.1, 0.15) is 26.7 Å². The van der Waals surface area contributed by atoms with E-state index in [1.165, 1.54) is 23.1 Å². The second kappa shape index (κ2) is 11.2. The van der Waals surface area contributed by atoms with Crippen molar-refractivity contribution >= 4 is 91.3 Å². The van der Waals surface area contributed by atoms with Crippen LogP contribution in [-0.2, 0) is 11.3 Å². The Morgan fingerprint density at radius 1 is 1.03 bits per heavy atom. The van der Waals surface area contributed by atoms with Crippen molar-refractivity contribution in [2.24, 2.45) is 0 Å². The Bertz CT molecular complexity index is 1590. The van der Waals surface area contributed by atoms with Crippen LogP contribution in [0.4, 0.5) is 11.4 Å². The van der Waals surface area contributed by atoms with Crippen LogP contribution in [0.5, 0.6) is 0 Å². The molecule has 37 heavy (non-hydrogen) atoms. The molecule has 0 radical (unpaired) electrons. The van der Waals surface area contributed by atoms with E-state index in [4.69, 9.17) is 23.8 Å². The lowest BCUT2D eigenvalue weighted by Crippen LogP contribution is -2.33. The van der Waals surface area contributed by atoms with Crippen molar-refractivity contribution in [2.75, 3.05) is 16.3 Å². The first-order valence-corrected chi connectivity index (χ1v) is 15.2. The zero-order chi connectivity index (χ0) is 26.1. The maximum absolute atomic E-state index is 13.5. The number of thiocarbonyl (C=S) groups is 1. The molecule has 0 bridgehead atoms. The number of carbonyl (C=O) groups is 1. The fraction of sp³-hybridized carbons (Fsp3) is 0.222. The van der Waals surface area contributed by atoms with Crippen molar-refractivity contribution in [2.45, 2.75) is 38.1 Å². The highest BCUT2D eigenvalue weighted by Crippen LogP contribution is 2.46. The third-order valence-electron chi connectivity index (χ3n) is 6.01. The van der Waals surface area contributed by atoms with Gasteiger partial charge in [-0.05, 0) is 55.8 Å². The van der Waals surface area contributed by atoms with Gasteiger partial charge in [-0.2, -0.15) is 0 Å². The van der Waals surface area contributed by atoms with E-state index < -0.39 is 0 Å². The minimum atomic E-state index is -0.187. The lowest BCUT2D eigenvalue weighted by atomic mass is 10.3. The van der Waals surface area contributed by atoms with E-state index in [1.807, 2.05) is 60.7 Å². The summed E-state index contributed by atoms with van der Waals surface area (Å²) in [4.78, 5) is 32.4. The molecule has 5 nitrogen and oxygen atoms in total. The second-order valence-corrected chi connectivity index (χ2v) is 12.6. The lowest BCUT2D eigenvalue weighted by Gasteiger charge is -2.17. The van der Waals surface area contributed by atoms with E-state index in [-0.39, 0.29) is 11.5 Å². The molecular formula is C27H24ClN3O2S4. The number of aromatic nitrogens is 1. The lowest BCUT2D eigenvalue weighted by molar-refractivity contribution is -0.112. The van der Waals surface area contributed by atoms with Gasteiger partial charge in [0.05, 0.1) is 20.9 Å². The Kier molecular flexibility index (Phi) is 7.97. The van der Waals surface area contributed by atoms with E-state index in [0.29, 0.717) is 30.0 Å². The van der Waals surface area contributed by atoms with Crippen molar-refractivity contribution in [1.29, 1.82) is 0 Å². The largest absolute Gasteiger partial charge is 0.335 e. The van der Waals surface area contributed by atoms with Crippen LogP contribution >= 0.6 is 58.7 Å². The highest BCUT2D eigenvalue weighted by atomic mass is 35.5. The predicted molar refractivity (Wildman–Crippen MR) is 163 cm³/mol. The predicted octanol–water partition coefficient (Wildman–Crippen LogP) is 5.79. The second-order valence-electron chi connectivity index (χ2n) is 8.38. The minimum absolute atomic E-state index is 0.0816. The van der Waals surface area contributed by atoms with E-state index >= 15 is 0 Å². The number of hydrogen-bond donors (Lipinski definition) is 0. The van der Waals surface area contributed by atoms with Gasteiger partial charge in [-0.15, -0.1) is 11.3 Å². The maximum Gasteiger partial charge on any atom is 0.273 e. The molecule has 1 saturated heterocycles. The Hall–Kier alpha value is -2.30. The third kappa shape index (κ3) is 5.07. The number of anilines is 2. The third-order valence-corrected chi connectivity index (χ3v) is 10.0. The zero-order valence-corrected chi connectivity index (χ0v) is 24.3. The SMILES string of the molecule is CCCCn1c(=O)/c(=C\C=C2/Sc3ccc(Cl)cc3N2CC)s/c1=C1/SC(=S)N(c2ccccc2)C1=O. The van der Waals surface area contributed by atoms with Crippen LogP contribution in [-0.4, -0.2) is 21.3 Å². The van der Waals surface area contributed by atoms with Gasteiger partial charge in [-0.25, -0.2) is 0 Å². The topological polar surface area (TPSA) is 45.6 Å². The number of halogens is 1. The number of rotatable bonds is 6. The van der Waals surface area contributed by atoms with E-state index in [1.54, 1.807) is 21.2 Å². The molecule has 0 atom stereocenters. The molecule has 190 valence electrons. The molecule has 1 fully saturated rings. The summed E-state index contributed by atoms with van der Waals surface area (Å²) in [5, 5.41) is 1.73. The first-order chi connectivity index (χ1) is 17.9. The molecular weight excluding hydrogens is 562 g/mol. The molecule has 2 aliphatic heterocycles. The number of allylic oxidation sites excluding steroid dienone is 1. The fourth-order valence-corrected chi connectivity index (χ4v) is 7.99. The number of thiazole rings is 1. The Balaban J connectivity index is 1.60. The molecule has 3 heterocycles. The monoisotopic (exact) mass is 585 g/mol. The van der Waals surface area contributed by atoms with Gasteiger partial charge < -0.3 is 4.90 Å². The first-order valence-electron chi connectivity index (χ1n) is 11.9. The average molecular weight is 586 g/mol. The van der Waals surface area contributed by atoms with Gasteiger partial charge in [0.2, 0.25) is 0 Å². The average Bonchev–Trinajstić information content (AvgIpc) is 3.51. The van der Waals surface area contributed by atoms with Gasteiger partial charge >= 0.3 is 0 Å². The summed E-state index contributed by atoms with van der Waals surface area (Å²) in [7, 11) is 0. The summed E-state index contributed by atoms with van der Waals surface area (Å²) in [6.07, 6.45) is 5.64. The number of thioether (sulfide) groups is 2. The van der Waals surface area contributed by atoms with Crippen molar-refractivity contribution in [3.63, 3.8) is 0 Å². The molecule has 0 aliphatic carbocycles. The van der Waals surface area contributed by atoms with Crippen LogP contribution in [0.25, 0.3) is 11.0 Å². The summed E-state index contributed by atoms with van der Waals surface area (Å²) in [5.74, 6) is -0.187. The van der Waals surface area contributed by atoms with Crippen molar-refractivity contribution in [1.82, 2.24) is 4.57 Å². The smallest absolute Gasteiger partial charge is 0.273 e. The molecule has 0 N–H and O–H groups in total. The van der Waals surface area contributed by atoms with Gasteiger partial charge in [-0.3, -0.25) is 19.1 Å². The van der Waals surface area contributed by atoms with Crippen LogP contribution in [0.2, 0.25) is 5.02 Å². The molecule has 10 heteroatoms. The summed E-state index contributed by atoms with van der Waals surface area (Å²) in [6, 6.07) is 15.3. The molecule has 1 aromatic heterocycles. The Morgan fingerprint density at radius 2 is 1.81 bits per heavy atom. The van der Waals surface area contributed by atoms with Crippen molar-refractivity contribution in [3.8, 4) is 0 Å². The van der Waals surface area contributed by atoms with Crippen LogP contribution in [0.3, 0.4) is 0 Å². The Labute approximate surface area is 238 Å². The summed E-state index contributed by atoms with van der Waals surface area (Å²) < 4.78 is 3.47. The zero-order valence-electron chi connectivity index (χ0n) is 20.3. The fourth-order valence-electron chi connectivity index (χ4n) is 4.19. The molecule has 2 aromatic carbocycles. The summed E-state index contributed by atoms with van der Waals surface area (Å²) in [5.41, 5.74) is 1.72. The van der Waals surface area contributed by atoms with Gasteiger partial charge in [-0.1, -0.05) is 78.9 Å². The molecule has 1 amide bonds. The van der Waals surface area contributed by atoms with Gasteiger partial charge in [0.25, 0.3) is 11.5 Å². The summed E-state index contributed by atoms with van der Waals surface area (Å²) >= 11 is 16.1. The number of benzene rings is 2. The standard InChI is InChI=1S/C27H24ClN3O2S4/c1-3-5-15-30-24(32)21(13-14-22-29(4-2)19-16-17(28)11-12-20(19)35-22)36-26(30)23-25(33)31(27(34)37-23)18-9-7-6-8-10-18/h6-14,16H,3-5,15H2,1-2H3/b21-13+,22-14-,26-23+. The maximum atomic E-state index is 13.5. The number of amides is 1. The molecule has 0 spiro atoms. The van der Waals surface area contributed by atoms with Crippen LogP contribution in [0, 0.1) is 0 Å². The van der Waals surface area contributed by atoms with Crippen molar-refractivity contribution < 1.29 is 4.79 Å². The highest BCUT2D eigenvalue weighted by Gasteiger charge is 2.35. The van der Waals surface area contributed by atoms with Crippen LogP contribution in [0.15, 0.2) is 69.3 Å². The number of hydrogen-bond acceptors (Lipinski definition) is 7. The Morgan fingerprint density at radius 3 is 2.54 bits per heavy atom. The number of unbranched alkanes of at least 4 members (excludes halogenated alkanes) is 1. The van der Waals surface area contributed by atoms with Gasteiger partial charge in [0.15, 0.2) is 4.32 Å². The molecule has 3 aromatic rings. The number of nitrogens with zero attached hydrogens (tertiary/aromatic N) is 3. The van der Waals surface area contributed by atoms with Crippen LogP contribution < -0.4 is 24.6 Å². The van der Waals surface area contributed by atoms with Gasteiger partial charge in [0, 0.05) is 23.0 Å². The highest BCUT2D eigenvalue weighted by molar-refractivity contribution is 8.31. The minimum Gasteiger partial charge on any atom is -0.335 e. The number of fused-ring (bicyclic) bond motifs is 1. The van der Waals surface area contributed by atoms with E-state index in [2.05, 4.69) is 18.7 Å². The van der Waals surface area contributed by atoms with E-state index in [0.717, 1.165) is 40.7 Å². The number of carbonyl (C=O) groups excluding carboxylic acids is 1. The van der Waals surface area contributed by atoms with Gasteiger partial charge in [0.1, 0.15) is 9.57 Å². The number of para-hydroxylation sites is 1. The quantitative estimate of drug-likeness (QED) is 0.341. The molecule has 0 unspecified atom stereocenters. The summed E-state index contributed by atoms with van der Waals surface area (Å²) in [6.45, 7) is 5.52. The van der Waals surface area contributed by atoms with E-state index in [9.17, 15) is 9.59 Å². The van der Waals surface area contributed by atoms with Crippen molar-refractivity contribution in [3.05, 3.63) is 84.2 Å². The normalized spacial score (nSPS) is 18.5. The molecule has 5 rings (SSSR count).